The summed E-state index contributed by atoms with van der Waals surface area (Å²) in [4.78, 5) is 0. The summed E-state index contributed by atoms with van der Waals surface area (Å²) in [5.41, 5.74) is 1.14. The van der Waals surface area contributed by atoms with Crippen molar-refractivity contribution in [3.8, 4) is 11.5 Å². The van der Waals surface area contributed by atoms with Crippen LogP contribution in [0.15, 0.2) is 12.1 Å². The van der Waals surface area contributed by atoms with E-state index in [-0.39, 0.29) is 0 Å². The first-order chi connectivity index (χ1) is 8.22. The summed E-state index contributed by atoms with van der Waals surface area (Å²) < 4.78 is 15.9. The van der Waals surface area contributed by atoms with Crippen LogP contribution < -0.4 is 9.47 Å². The van der Waals surface area contributed by atoms with Gasteiger partial charge in [0.1, 0.15) is 0 Å². The van der Waals surface area contributed by atoms with E-state index < -0.39 is 0 Å². The molecule has 3 nitrogen and oxygen atoms in total. The van der Waals surface area contributed by atoms with Gasteiger partial charge in [-0.2, -0.15) is 0 Å². The number of benzene rings is 1. The molecule has 96 valence electrons. The van der Waals surface area contributed by atoms with Crippen LogP contribution in [-0.2, 0) is 11.2 Å². The molecule has 0 saturated heterocycles. The first-order valence-corrected chi connectivity index (χ1v) is 6.08. The van der Waals surface area contributed by atoms with E-state index in [9.17, 15) is 0 Å². The Bertz CT molecular complexity index is 353. The van der Waals surface area contributed by atoms with E-state index in [4.69, 9.17) is 25.8 Å². The number of aryl methyl sites for hydroxylation is 1. The maximum atomic E-state index is 6.12. The van der Waals surface area contributed by atoms with Crippen LogP contribution in [0.3, 0.4) is 0 Å². The zero-order valence-corrected chi connectivity index (χ0v) is 11.3. The Kier molecular flexibility index (Phi) is 6.16. The van der Waals surface area contributed by atoms with Crippen LogP contribution in [0.4, 0.5) is 0 Å². The highest BCUT2D eigenvalue weighted by atomic mass is 35.5. The average Bonchev–Trinajstić information content (AvgIpc) is 2.34. The molecular formula is C13H19ClO3. The third kappa shape index (κ3) is 4.10. The second-order valence-corrected chi connectivity index (χ2v) is 4.06. The highest BCUT2D eigenvalue weighted by Gasteiger charge is 2.10. The zero-order chi connectivity index (χ0) is 12.7. The van der Waals surface area contributed by atoms with Crippen molar-refractivity contribution in [2.75, 3.05) is 27.4 Å². The first-order valence-electron chi connectivity index (χ1n) is 5.71. The van der Waals surface area contributed by atoms with Gasteiger partial charge in [-0.15, -0.1) is 0 Å². The van der Waals surface area contributed by atoms with Crippen LogP contribution in [-0.4, -0.2) is 27.4 Å². The van der Waals surface area contributed by atoms with Gasteiger partial charge >= 0.3 is 0 Å². The maximum Gasteiger partial charge on any atom is 0.179 e. The molecule has 0 aromatic heterocycles. The van der Waals surface area contributed by atoms with Gasteiger partial charge in [0.25, 0.3) is 0 Å². The second-order valence-electron chi connectivity index (χ2n) is 3.66. The minimum atomic E-state index is 0.591. The Morgan fingerprint density at radius 2 is 1.94 bits per heavy atom. The molecular weight excluding hydrogens is 240 g/mol. The van der Waals surface area contributed by atoms with E-state index in [1.54, 1.807) is 14.2 Å². The largest absolute Gasteiger partial charge is 0.491 e. The summed E-state index contributed by atoms with van der Waals surface area (Å²) in [6, 6.07) is 3.87. The van der Waals surface area contributed by atoms with Gasteiger partial charge in [0.15, 0.2) is 11.5 Å². The van der Waals surface area contributed by atoms with Crippen molar-refractivity contribution in [2.45, 2.75) is 19.8 Å². The molecule has 0 saturated carbocycles. The van der Waals surface area contributed by atoms with Gasteiger partial charge in [-0.1, -0.05) is 18.5 Å². The minimum absolute atomic E-state index is 0.591. The van der Waals surface area contributed by atoms with Crippen molar-refractivity contribution in [3.63, 3.8) is 0 Å². The fraction of sp³-hybridized carbons (Fsp3) is 0.538. The van der Waals surface area contributed by atoms with Crippen LogP contribution >= 0.6 is 11.6 Å². The standard InChI is InChI=1S/C13H19ClO3/c1-4-10-8-11(14)13(16-3)12(9-10)17-7-5-6-15-2/h8-9H,4-7H2,1-3H3. The van der Waals surface area contributed by atoms with Gasteiger partial charge in [-0.3, -0.25) is 0 Å². The van der Waals surface area contributed by atoms with Gasteiger partial charge in [0.05, 0.1) is 18.7 Å². The van der Waals surface area contributed by atoms with Crippen molar-refractivity contribution in [1.82, 2.24) is 0 Å². The molecule has 0 radical (unpaired) electrons. The minimum Gasteiger partial charge on any atom is -0.491 e. The normalized spacial score (nSPS) is 10.4. The van der Waals surface area contributed by atoms with E-state index in [1.165, 1.54) is 0 Å². The average molecular weight is 259 g/mol. The monoisotopic (exact) mass is 258 g/mol. The Morgan fingerprint density at radius 3 is 2.53 bits per heavy atom. The Hall–Kier alpha value is -0.930. The quantitative estimate of drug-likeness (QED) is 0.702. The molecule has 1 rings (SSSR count). The molecule has 4 heteroatoms. The van der Waals surface area contributed by atoms with Crippen LogP contribution in [0.1, 0.15) is 18.9 Å². The third-order valence-corrected chi connectivity index (χ3v) is 2.71. The van der Waals surface area contributed by atoms with E-state index in [2.05, 4.69) is 6.92 Å². The maximum absolute atomic E-state index is 6.12. The second kappa shape index (κ2) is 7.41. The van der Waals surface area contributed by atoms with E-state index in [0.717, 1.165) is 18.4 Å². The van der Waals surface area contributed by atoms with Crippen molar-refractivity contribution in [2.24, 2.45) is 0 Å². The van der Waals surface area contributed by atoms with Crippen molar-refractivity contribution >= 4 is 11.6 Å². The lowest BCUT2D eigenvalue weighted by Gasteiger charge is -2.13. The lowest BCUT2D eigenvalue weighted by Crippen LogP contribution is -2.03. The molecule has 17 heavy (non-hydrogen) atoms. The number of halogens is 1. The molecule has 0 aliphatic heterocycles. The van der Waals surface area contributed by atoms with E-state index in [1.807, 2.05) is 12.1 Å². The van der Waals surface area contributed by atoms with Crippen molar-refractivity contribution in [3.05, 3.63) is 22.7 Å². The molecule has 0 N–H and O–H groups in total. The highest BCUT2D eigenvalue weighted by Crippen LogP contribution is 2.36. The molecule has 1 aromatic carbocycles. The van der Waals surface area contributed by atoms with Crippen molar-refractivity contribution < 1.29 is 14.2 Å². The van der Waals surface area contributed by atoms with E-state index in [0.29, 0.717) is 29.7 Å². The fourth-order valence-electron chi connectivity index (χ4n) is 1.52. The topological polar surface area (TPSA) is 27.7 Å². The molecule has 0 unspecified atom stereocenters. The summed E-state index contributed by atoms with van der Waals surface area (Å²) in [6.07, 6.45) is 1.76. The van der Waals surface area contributed by atoms with Crippen LogP contribution in [0, 0.1) is 0 Å². The molecule has 0 heterocycles. The van der Waals surface area contributed by atoms with Gasteiger partial charge in [0, 0.05) is 20.1 Å². The summed E-state index contributed by atoms with van der Waals surface area (Å²) in [7, 11) is 3.27. The first kappa shape index (κ1) is 14.1. The lowest BCUT2D eigenvalue weighted by molar-refractivity contribution is 0.170. The highest BCUT2D eigenvalue weighted by molar-refractivity contribution is 6.32. The van der Waals surface area contributed by atoms with Gasteiger partial charge < -0.3 is 14.2 Å². The number of hydrogen-bond acceptors (Lipinski definition) is 3. The molecule has 0 fully saturated rings. The van der Waals surface area contributed by atoms with Crippen molar-refractivity contribution in [1.29, 1.82) is 0 Å². The summed E-state index contributed by atoms with van der Waals surface area (Å²) in [5.74, 6) is 1.30. The smallest absolute Gasteiger partial charge is 0.179 e. The molecule has 0 amide bonds. The Morgan fingerprint density at radius 1 is 1.18 bits per heavy atom. The number of ether oxygens (including phenoxy) is 3. The van der Waals surface area contributed by atoms with Gasteiger partial charge in [-0.05, 0) is 24.1 Å². The third-order valence-electron chi connectivity index (χ3n) is 2.43. The molecule has 0 atom stereocenters. The predicted molar refractivity (Wildman–Crippen MR) is 69.4 cm³/mol. The van der Waals surface area contributed by atoms with Crippen LogP contribution in [0.25, 0.3) is 0 Å². The summed E-state index contributed by atoms with van der Waals surface area (Å²) in [5, 5.41) is 0.591. The van der Waals surface area contributed by atoms with Gasteiger partial charge in [-0.25, -0.2) is 0 Å². The zero-order valence-electron chi connectivity index (χ0n) is 10.6. The summed E-state index contributed by atoms with van der Waals surface area (Å²) >= 11 is 6.12. The molecule has 1 aromatic rings. The summed E-state index contributed by atoms with van der Waals surface area (Å²) in [6.45, 7) is 3.35. The molecule has 0 aliphatic carbocycles. The number of methoxy groups -OCH3 is 2. The van der Waals surface area contributed by atoms with E-state index >= 15 is 0 Å². The SMILES string of the molecule is CCc1cc(Cl)c(OC)c(OCCCOC)c1. The lowest BCUT2D eigenvalue weighted by atomic mass is 10.1. The molecule has 0 spiro atoms. The molecule has 0 bridgehead atoms. The number of rotatable bonds is 7. The van der Waals surface area contributed by atoms with Crippen LogP contribution in [0.2, 0.25) is 5.02 Å². The fourth-order valence-corrected chi connectivity index (χ4v) is 1.83. The Labute approximate surface area is 108 Å². The van der Waals surface area contributed by atoms with Crippen LogP contribution in [0.5, 0.6) is 11.5 Å². The Balaban J connectivity index is 2.76. The van der Waals surface area contributed by atoms with Gasteiger partial charge in [0.2, 0.25) is 0 Å². The number of hydrogen-bond donors (Lipinski definition) is 0. The predicted octanol–water partition coefficient (Wildman–Crippen LogP) is 3.33. The molecule has 0 aliphatic rings.